The van der Waals surface area contributed by atoms with Gasteiger partial charge < -0.3 is 18.6 Å². The van der Waals surface area contributed by atoms with Crippen LogP contribution in [0.1, 0.15) is 0 Å². The zero-order valence-corrected chi connectivity index (χ0v) is 20.8. The van der Waals surface area contributed by atoms with Crippen molar-refractivity contribution in [2.24, 2.45) is 0 Å². The number of benzene rings is 2. The van der Waals surface area contributed by atoms with Gasteiger partial charge in [-0.25, -0.2) is 0 Å². The van der Waals surface area contributed by atoms with Crippen molar-refractivity contribution in [1.29, 1.82) is 0 Å². The van der Waals surface area contributed by atoms with Crippen LogP contribution in [0.25, 0.3) is 0 Å². The fraction of sp³-hybridized carbons (Fsp3) is 0.333. The number of nitrogens with one attached hydrogen (secondary N) is 4. The maximum Gasteiger partial charge on any atom is 0.220 e. The van der Waals surface area contributed by atoms with Crippen molar-refractivity contribution >= 4 is 44.0 Å². The first kappa shape index (κ1) is 19.9. The van der Waals surface area contributed by atoms with Crippen LogP contribution in [0.3, 0.4) is 0 Å². The highest BCUT2D eigenvalue weighted by atomic mass is 28.5. The van der Waals surface area contributed by atoms with E-state index in [1.807, 2.05) is 0 Å². The zero-order valence-electron chi connectivity index (χ0n) is 16.8. The van der Waals surface area contributed by atoms with Crippen LogP contribution in [0.4, 0.5) is 0 Å². The molecule has 140 valence electrons. The van der Waals surface area contributed by atoms with Crippen molar-refractivity contribution in [3.05, 3.63) is 60.7 Å². The van der Waals surface area contributed by atoms with E-state index in [0.29, 0.717) is 0 Å². The molecule has 1 aliphatic heterocycles. The van der Waals surface area contributed by atoms with Gasteiger partial charge in [0.1, 0.15) is 0 Å². The van der Waals surface area contributed by atoms with Gasteiger partial charge in [-0.3, -0.25) is 0 Å². The molecule has 1 aliphatic rings. The molecule has 2 unspecified atom stereocenters. The molecule has 4 nitrogen and oxygen atoms in total. The Hall–Kier alpha value is -0.852. The Labute approximate surface area is 162 Å². The summed E-state index contributed by atoms with van der Waals surface area (Å²) in [4.78, 5) is 0. The van der Waals surface area contributed by atoms with Crippen LogP contribution in [-0.2, 0) is 0 Å². The maximum atomic E-state index is 4.24. The molecule has 4 N–H and O–H groups in total. The molecule has 2 aromatic carbocycles. The molecular weight excluding hydrogens is 385 g/mol. The van der Waals surface area contributed by atoms with Crippen LogP contribution in [0, 0.1) is 0 Å². The van der Waals surface area contributed by atoms with E-state index in [2.05, 4.69) is 119 Å². The van der Waals surface area contributed by atoms with Gasteiger partial charge in [-0.05, 0) is 49.7 Å². The third-order valence-electron chi connectivity index (χ3n) is 4.95. The largest absolute Gasteiger partial charge is 0.336 e. The van der Waals surface area contributed by atoms with E-state index in [1.54, 1.807) is 0 Å². The quantitative estimate of drug-likeness (QED) is 0.563. The fourth-order valence-electron chi connectivity index (χ4n) is 4.49. The summed E-state index contributed by atoms with van der Waals surface area (Å²) in [6.45, 7) is 14.4. The van der Waals surface area contributed by atoms with E-state index >= 15 is 0 Å². The van der Waals surface area contributed by atoms with Crippen molar-refractivity contribution in [2.45, 2.75) is 39.3 Å². The fourth-order valence-corrected chi connectivity index (χ4v) is 32.0. The molecule has 2 aromatic rings. The van der Waals surface area contributed by atoms with E-state index in [-0.39, 0.29) is 0 Å². The second-order valence-electron chi connectivity index (χ2n) is 8.73. The molecule has 2 atom stereocenters. The first-order valence-corrected chi connectivity index (χ1v) is 20.3. The topological polar surface area (TPSA) is 48.1 Å². The molecule has 3 rings (SSSR count). The molecule has 1 fully saturated rings. The maximum absolute atomic E-state index is 4.24. The summed E-state index contributed by atoms with van der Waals surface area (Å²) in [7, 11) is -7.72. The molecule has 0 aromatic heterocycles. The molecular formula is C18H32N4Si4. The Bertz CT molecular complexity index is 693. The molecule has 0 saturated carbocycles. The first-order chi connectivity index (χ1) is 12.0. The van der Waals surface area contributed by atoms with Crippen molar-refractivity contribution in [2.75, 3.05) is 0 Å². The third kappa shape index (κ3) is 4.34. The second kappa shape index (κ2) is 6.95. The lowest BCUT2D eigenvalue weighted by atomic mass is 10.4. The molecule has 0 spiro atoms. The minimum Gasteiger partial charge on any atom is -0.336 e. The van der Waals surface area contributed by atoms with Gasteiger partial charge in [-0.1, -0.05) is 60.7 Å². The average molecular weight is 417 g/mol. The molecule has 0 radical (unpaired) electrons. The van der Waals surface area contributed by atoms with Crippen LogP contribution in [0.2, 0.25) is 39.3 Å². The first-order valence-electron chi connectivity index (χ1n) is 9.32. The van der Waals surface area contributed by atoms with Crippen LogP contribution < -0.4 is 29.0 Å². The van der Waals surface area contributed by atoms with Crippen LogP contribution in [0.15, 0.2) is 60.7 Å². The summed E-state index contributed by atoms with van der Waals surface area (Å²) in [5.74, 6) is 0. The minimum absolute atomic E-state index is 1.42. The van der Waals surface area contributed by atoms with Crippen LogP contribution >= 0.6 is 0 Å². The summed E-state index contributed by atoms with van der Waals surface area (Å²) in [5.41, 5.74) is 0. The second-order valence-corrected chi connectivity index (χ2v) is 24.9. The molecule has 0 amide bonds. The van der Waals surface area contributed by atoms with Gasteiger partial charge in [0.15, 0.2) is 16.8 Å². The van der Waals surface area contributed by atoms with Crippen molar-refractivity contribution in [3.63, 3.8) is 0 Å². The predicted molar refractivity (Wildman–Crippen MR) is 123 cm³/mol. The summed E-state index contributed by atoms with van der Waals surface area (Å²) >= 11 is 0. The summed E-state index contributed by atoms with van der Waals surface area (Å²) in [6, 6.07) is 22.0. The highest BCUT2D eigenvalue weighted by Crippen LogP contribution is 2.13. The normalized spacial score (nSPS) is 31.0. The molecule has 0 aliphatic carbocycles. The molecule has 26 heavy (non-hydrogen) atoms. The van der Waals surface area contributed by atoms with E-state index in [1.165, 1.54) is 10.4 Å². The Kier molecular flexibility index (Phi) is 5.32. The van der Waals surface area contributed by atoms with Gasteiger partial charge in [0, 0.05) is 0 Å². The van der Waals surface area contributed by atoms with Crippen LogP contribution in [0.5, 0.6) is 0 Å². The van der Waals surface area contributed by atoms with Gasteiger partial charge in [0.25, 0.3) is 0 Å². The molecule has 1 heterocycles. The standard InChI is InChI=1S/C18H32N4Si4/c1-23(2)19-24(3,4)21-26(6,18-15-11-8-12-16-18)22-25(5,20-23)17-13-9-7-10-14-17/h7-16,19-22H,1-6H3. The van der Waals surface area contributed by atoms with E-state index in [9.17, 15) is 0 Å². The van der Waals surface area contributed by atoms with Gasteiger partial charge in [0.2, 0.25) is 16.8 Å². The van der Waals surface area contributed by atoms with Gasteiger partial charge >= 0.3 is 0 Å². The predicted octanol–water partition coefficient (Wildman–Crippen LogP) is 1.72. The number of hydrogen-bond acceptors (Lipinski definition) is 4. The summed E-state index contributed by atoms with van der Waals surface area (Å²) < 4.78 is 16.6. The van der Waals surface area contributed by atoms with E-state index in [0.717, 1.165) is 0 Å². The van der Waals surface area contributed by atoms with Gasteiger partial charge in [0.05, 0.1) is 0 Å². The van der Waals surface area contributed by atoms with Gasteiger partial charge in [-0.2, -0.15) is 0 Å². The average Bonchev–Trinajstić information content (AvgIpc) is 2.53. The summed E-state index contributed by atoms with van der Waals surface area (Å²) in [6.07, 6.45) is 0. The minimum atomic E-state index is -2.09. The Morgan fingerprint density at radius 1 is 0.462 bits per heavy atom. The Balaban J connectivity index is 2.11. The highest BCUT2D eigenvalue weighted by molar-refractivity contribution is 7.11. The SMILES string of the molecule is C[Si]1(C)N[Si](C)(C)N[Si](C)(c2ccccc2)N[Si](C)(c2ccccc2)N1. The molecule has 8 heteroatoms. The lowest BCUT2D eigenvalue weighted by Gasteiger charge is -2.51. The zero-order chi connectivity index (χ0) is 19.1. The van der Waals surface area contributed by atoms with Crippen molar-refractivity contribution in [1.82, 2.24) is 18.6 Å². The smallest absolute Gasteiger partial charge is 0.220 e. The lowest BCUT2D eigenvalue weighted by molar-refractivity contribution is 1.06. The van der Waals surface area contributed by atoms with Crippen molar-refractivity contribution in [3.8, 4) is 0 Å². The Morgan fingerprint density at radius 2 is 0.808 bits per heavy atom. The van der Waals surface area contributed by atoms with Gasteiger partial charge in [-0.15, -0.1) is 0 Å². The number of rotatable bonds is 2. The monoisotopic (exact) mass is 416 g/mol. The number of hydrogen-bond donors (Lipinski definition) is 4. The van der Waals surface area contributed by atoms with E-state index < -0.39 is 33.6 Å². The van der Waals surface area contributed by atoms with E-state index in [4.69, 9.17) is 0 Å². The highest BCUT2D eigenvalue weighted by Gasteiger charge is 2.50. The Morgan fingerprint density at radius 3 is 1.15 bits per heavy atom. The molecule has 1 saturated heterocycles. The van der Waals surface area contributed by atoms with Crippen molar-refractivity contribution < 1.29 is 0 Å². The van der Waals surface area contributed by atoms with Crippen LogP contribution in [-0.4, -0.2) is 33.6 Å². The third-order valence-corrected chi connectivity index (χ3v) is 25.9. The lowest BCUT2D eigenvalue weighted by Crippen LogP contribution is -2.93. The molecule has 0 bridgehead atoms. The summed E-state index contributed by atoms with van der Waals surface area (Å²) in [5, 5.41) is 2.83.